The fourth-order valence-corrected chi connectivity index (χ4v) is 5.18. The van der Waals surface area contributed by atoms with Gasteiger partial charge in [0.05, 0.1) is 40.9 Å². The summed E-state index contributed by atoms with van der Waals surface area (Å²) >= 11 is 1.52. The van der Waals surface area contributed by atoms with Crippen LogP contribution in [0.1, 0.15) is 24.7 Å². The zero-order valence-electron chi connectivity index (χ0n) is 19.4. The quantitative estimate of drug-likeness (QED) is 0.271. The summed E-state index contributed by atoms with van der Waals surface area (Å²) < 4.78 is 6.39. The first-order chi connectivity index (χ1) is 15.9. The summed E-state index contributed by atoms with van der Waals surface area (Å²) in [6.07, 6.45) is 0.138. The molecule has 4 rings (SSSR count). The Bertz CT molecular complexity index is 1120. The maximum atomic E-state index is 10.5. The molecule has 3 aromatic heterocycles. The molecule has 1 aliphatic carbocycles. The molecule has 0 bridgehead atoms. The van der Waals surface area contributed by atoms with Crippen LogP contribution in [0.25, 0.3) is 20.8 Å². The lowest BCUT2D eigenvalue weighted by Crippen LogP contribution is -2.35. The van der Waals surface area contributed by atoms with Crippen LogP contribution in [0, 0.1) is 19.8 Å². The number of aryl methyl sites for hydroxylation is 2. The highest BCUT2D eigenvalue weighted by molar-refractivity contribution is 7.21. The Morgan fingerprint density at radius 2 is 1.97 bits per heavy atom. The first-order valence-electron chi connectivity index (χ1n) is 11.1. The zero-order valence-corrected chi connectivity index (χ0v) is 21.0. The van der Waals surface area contributed by atoms with E-state index in [1.165, 1.54) is 11.3 Å². The maximum absolute atomic E-state index is 10.5. The van der Waals surface area contributed by atoms with Gasteiger partial charge in [-0.2, -0.15) is 4.98 Å². The first kappa shape index (κ1) is 26.5. The largest absolute Gasteiger partial charge is 0.396 e. The number of nitrogens with one attached hydrogen (secondary N) is 2. The summed E-state index contributed by atoms with van der Waals surface area (Å²) in [5.41, 5.74) is 3.16. The number of fused-ring (bicyclic) bond motifs is 1. The summed E-state index contributed by atoms with van der Waals surface area (Å²) in [6, 6.07) is 1.52. The number of anilines is 2. The van der Waals surface area contributed by atoms with Gasteiger partial charge < -0.3 is 30.7 Å². The predicted octanol–water partition coefficient (Wildman–Crippen LogP) is 2.15. The van der Waals surface area contributed by atoms with Crippen LogP contribution < -0.4 is 10.6 Å². The number of rotatable bonds is 9. The second-order valence-corrected chi connectivity index (χ2v) is 9.23. The van der Waals surface area contributed by atoms with Crippen molar-refractivity contribution >= 4 is 45.7 Å². The van der Waals surface area contributed by atoms with Crippen molar-refractivity contribution in [2.45, 2.75) is 45.4 Å². The Hall–Kier alpha value is -2.15. The zero-order chi connectivity index (χ0) is 23.5. The topological polar surface area (TPSA) is 146 Å². The summed E-state index contributed by atoms with van der Waals surface area (Å²) in [5, 5.41) is 37.6. The molecule has 34 heavy (non-hydrogen) atoms. The Kier molecular flexibility index (Phi) is 8.96. The molecule has 0 aromatic carbocycles. The SMILES string of the molecule is CCOCCNc1nc(C)c(-c2nc3cnc(C)cc3s2)c(N[C@@H]2C[C@H](CO)[C@@H](O)[C@H]2O)n1.Cl. The van der Waals surface area contributed by atoms with E-state index in [0.29, 0.717) is 37.9 Å². The lowest BCUT2D eigenvalue weighted by atomic mass is 10.1. The minimum Gasteiger partial charge on any atom is -0.396 e. The van der Waals surface area contributed by atoms with Gasteiger partial charge in [0, 0.05) is 31.4 Å². The molecule has 0 saturated heterocycles. The molecule has 5 N–H and O–H groups in total. The smallest absolute Gasteiger partial charge is 0.224 e. The number of halogens is 1. The number of pyridine rings is 1. The van der Waals surface area contributed by atoms with E-state index < -0.39 is 24.2 Å². The second-order valence-electron chi connectivity index (χ2n) is 8.20. The Morgan fingerprint density at radius 1 is 1.18 bits per heavy atom. The van der Waals surface area contributed by atoms with Crippen molar-refractivity contribution < 1.29 is 20.1 Å². The van der Waals surface area contributed by atoms with Crippen molar-refractivity contribution in [1.82, 2.24) is 19.9 Å². The summed E-state index contributed by atoms with van der Waals surface area (Å²) in [7, 11) is 0. The van der Waals surface area contributed by atoms with Gasteiger partial charge in [-0.05, 0) is 33.3 Å². The van der Waals surface area contributed by atoms with Crippen LogP contribution in [0.15, 0.2) is 12.3 Å². The molecule has 0 spiro atoms. The molecule has 186 valence electrons. The van der Waals surface area contributed by atoms with E-state index in [-0.39, 0.29) is 19.0 Å². The molecule has 0 radical (unpaired) electrons. The molecular formula is C22H31ClN6O4S. The van der Waals surface area contributed by atoms with Crippen molar-refractivity contribution in [3.8, 4) is 10.6 Å². The third kappa shape index (κ3) is 5.56. The van der Waals surface area contributed by atoms with E-state index in [1.807, 2.05) is 26.8 Å². The van der Waals surface area contributed by atoms with Crippen molar-refractivity contribution in [1.29, 1.82) is 0 Å². The highest BCUT2D eigenvalue weighted by atomic mass is 35.5. The molecule has 10 nitrogen and oxygen atoms in total. The minimum atomic E-state index is -1.03. The number of thiazole rings is 1. The Morgan fingerprint density at radius 3 is 2.68 bits per heavy atom. The minimum absolute atomic E-state index is 0. The van der Waals surface area contributed by atoms with Gasteiger partial charge in [0.15, 0.2) is 0 Å². The molecule has 1 aliphatic rings. The van der Waals surface area contributed by atoms with E-state index in [2.05, 4.69) is 25.6 Å². The van der Waals surface area contributed by atoms with Gasteiger partial charge in [-0.25, -0.2) is 9.97 Å². The fourth-order valence-electron chi connectivity index (χ4n) is 4.05. The maximum Gasteiger partial charge on any atom is 0.224 e. The van der Waals surface area contributed by atoms with Gasteiger partial charge >= 0.3 is 0 Å². The lowest BCUT2D eigenvalue weighted by Gasteiger charge is -2.21. The molecule has 1 fully saturated rings. The highest BCUT2D eigenvalue weighted by Crippen LogP contribution is 2.38. The van der Waals surface area contributed by atoms with Gasteiger partial charge in [-0.1, -0.05) is 0 Å². The number of ether oxygens (including phenoxy) is 1. The van der Waals surface area contributed by atoms with Gasteiger partial charge in [0.25, 0.3) is 0 Å². The number of aliphatic hydroxyl groups is 3. The normalized spacial score (nSPS) is 22.1. The molecule has 3 aromatic rings. The lowest BCUT2D eigenvalue weighted by molar-refractivity contribution is 0.00446. The van der Waals surface area contributed by atoms with E-state index >= 15 is 0 Å². The van der Waals surface area contributed by atoms with Crippen LogP contribution in [-0.2, 0) is 4.74 Å². The molecule has 3 heterocycles. The number of hydrogen-bond acceptors (Lipinski definition) is 11. The van der Waals surface area contributed by atoms with Crippen molar-refractivity contribution in [2.24, 2.45) is 5.92 Å². The van der Waals surface area contributed by atoms with Crippen LogP contribution in [-0.4, -0.2) is 79.9 Å². The average molecular weight is 511 g/mol. The number of aromatic nitrogens is 4. The number of aliphatic hydroxyl groups excluding tert-OH is 3. The first-order valence-corrected chi connectivity index (χ1v) is 11.9. The van der Waals surface area contributed by atoms with E-state index in [0.717, 1.165) is 32.2 Å². The standard InChI is InChI=1S/C22H30N6O4S.ClH/c1-4-32-6-5-23-22-25-12(3)17(21-27-15-9-24-11(2)7-16(15)33-21)20(28-22)26-14-8-13(10-29)18(30)19(14)31;/h7,9,13-14,18-19,29-31H,4-6,8,10H2,1-3H3,(H2,23,25,26,28);1H/t13-,14-,18-,19+;/m1./s1. The molecule has 0 amide bonds. The number of hydrogen-bond donors (Lipinski definition) is 5. The highest BCUT2D eigenvalue weighted by Gasteiger charge is 2.41. The summed E-state index contributed by atoms with van der Waals surface area (Å²) in [5.74, 6) is 0.549. The molecule has 4 atom stereocenters. The predicted molar refractivity (Wildman–Crippen MR) is 135 cm³/mol. The van der Waals surface area contributed by atoms with Gasteiger partial charge in [0.2, 0.25) is 5.95 Å². The summed E-state index contributed by atoms with van der Waals surface area (Å²) in [4.78, 5) is 18.4. The van der Waals surface area contributed by atoms with Crippen LogP contribution >= 0.6 is 23.7 Å². The van der Waals surface area contributed by atoms with Crippen LogP contribution in [0.5, 0.6) is 0 Å². The van der Waals surface area contributed by atoms with Crippen molar-refractivity contribution in [3.63, 3.8) is 0 Å². The third-order valence-electron chi connectivity index (χ3n) is 5.81. The van der Waals surface area contributed by atoms with E-state index in [1.54, 1.807) is 6.20 Å². The van der Waals surface area contributed by atoms with Gasteiger partial charge in [-0.15, -0.1) is 23.7 Å². The second kappa shape index (κ2) is 11.5. The fraction of sp³-hybridized carbons (Fsp3) is 0.545. The molecule has 0 aliphatic heterocycles. The summed E-state index contributed by atoms with van der Waals surface area (Å²) in [6.45, 7) is 7.28. The molecular weight excluding hydrogens is 480 g/mol. The van der Waals surface area contributed by atoms with E-state index in [4.69, 9.17) is 9.72 Å². The van der Waals surface area contributed by atoms with Crippen LogP contribution in [0.4, 0.5) is 11.8 Å². The van der Waals surface area contributed by atoms with Crippen molar-refractivity contribution in [2.75, 3.05) is 37.0 Å². The molecule has 0 unspecified atom stereocenters. The Labute approximate surface area is 208 Å². The van der Waals surface area contributed by atoms with Gasteiger partial charge in [-0.3, -0.25) is 4.98 Å². The Balaban J connectivity index is 0.00000324. The monoisotopic (exact) mass is 510 g/mol. The number of nitrogens with zero attached hydrogens (tertiary/aromatic N) is 4. The third-order valence-corrected chi connectivity index (χ3v) is 6.84. The molecule has 12 heteroatoms. The van der Waals surface area contributed by atoms with Crippen LogP contribution in [0.3, 0.4) is 0 Å². The van der Waals surface area contributed by atoms with Crippen LogP contribution in [0.2, 0.25) is 0 Å². The van der Waals surface area contributed by atoms with E-state index in [9.17, 15) is 15.3 Å². The van der Waals surface area contributed by atoms with Crippen molar-refractivity contribution in [3.05, 3.63) is 23.7 Å². The molecule has 1 saturated carbocycles. The average Bonchev–Trinajstić information content (AvgIpc) is 3.31. The van der Waals surface area contributed by atoms with Gasteiger partial charge in [0.1, 0.15) is 22.4 Å².